The summed E-state index contributed by atoms with van der Waals surface area (Å²) in [4.78, 5) is 6.88. The van der Waals surface area contributed by atoms with Gasteiger partial charge in [-0.25, -0.2) is 4.98 Å². The van der Waals surface area contributed by atoms with Crippen molar-refractivity contribution in [1.82, 2.24) is 4.98 Å². The predicted octanol–water partition coefficient (Wildman–Crippen LogP) is 6.97. The van der Waals surface area contributed by atoms with Crippen LogP contribution in [0.3, 0.4) is 0 Å². The maximum atomic E-state index is 10.0. The number of anilines is 2. The second-order valence-corrected chi connectivity index (χ2v) is 8.35. The van der Waals surface area contributed by atoms with Crippen LogP contribution in [0.15, 0.2) is 35.4 Å². The number of aryl methyl sites for hydroxylation is 2. The average molecular weight is 473 g/mol. The molecule has 0 aliphatic carbocycles. The van der Waals surface area contributed by atoms with Crippen LogP contribution in [0.4, 0.5) is 11.4 Å². The fourth-order valence-electron chi connectivity index (χ4n) is 2.98. The number of benzene rings is 1. The molecule has 1 heterocycles. The molecule has 2 aromatic rings. The molecular weight excluding hydrogens is 424 g/mol. The molecular formula is C28H48N4O2. The number of hydrazone groups is 1. The first kappa shape index (κ1) is 31.4. The summed E-state index contributed by atoms with van der Waals surface area (Å²) in [6, 6.07) is 10.1. The van der Waals surface area contributed by atoms with Gasteiger partial charge in [0, 0.05) is 24.8 Å². The van der Waals surface area contributed by atoms with E-state index >= 15 is 0 Å². The van der Waals surface area contributed by atoms with Crippen molar-refractivity contribution in [2.45, 2.75) is 87.7 Å². The molecule has 0 fully saturated rings. The largest absolute Gasteiger partial charge is 0.475 e. The number of hydrogen-bond acceptors (Lipinski definition) is 6. The summed E-state index contributed by atoms with van der Waals surface area (Å²) in [5, 5.41) is 14.4. The summed E-state index contributed by atoms with van der Waals surface area (Å²) < 4.78 is 5.78. The number of hydrogen-bond donors (Lipinski definition) is 2. The van der Waals surface area contributed by atoms with E-state index in [0.717, 1.165) is 37.3 Å². The van der Waals surface area contributed by atoms with Crippen LogP contribution >= 0.6 is 0 Å². The van der Waals surface area contributed by atoms with Gasteiger partial charge >= 0.3 is 0 Å². The van der Waals surface area contributed by atoms with Crippen molar-refractivity contribution in [2.75, 3.05) is 30.0 Å². The third-order valence-electron chi connectivity index (χ3n) is 4.63. The van der Waals surface area contributed by atoms with E-state index in [4.69, 9.17) is 4.74 Å². The minimum absolute atomic E-state index is 0.169. The van der Waals surface area contributed by atoms with Gasteiger partial charge in [0.1, 0.15) is 6.61 Å². The zero-order chi connectivity index (χ0) is 26.1. The molecule has 0 aliphatic heterocycles. The van der Waals surface area contributed by atoms with Gasteiger partial charge in [0.15, 0.2) is 0 Å². The average Bonchev–Trinajstić information content (AvgIpc) is 2.82. The van der Waals surface area contributed by atoms with Crippen LogP contribution in [-0.2, 0) is 0 Å². The van der Waals surface area contributed by atoms with Crippen LogP contribution in [0.25, 0.3) is 0 Å². The second-order valence-electron chi connectivity index (χ2n) is 8.35. The lowest BCUT2D eigenvalue weighted by Gasteiger charge is -2.25. The zero-order valence-electron chi connectivity index (χ0n) is 23.2. The molecule has 192 valence electrons. The van der Waals surface area contributed by atoms with Crippen molar-refractivity contribution in [3.8, 4) is 5.88 Å². The van der Waals surface area contributed by atoms with Gasteiger partial charge in [-0.2, -0.15) is 5.10 Å². The Morgan fingerprint density at radius 1 is 1.00 bits per heavy atom. The Morgan fingerprint density at radius 3 is 2.15 bits per heavy atom. The van der Waals surface area contributed by atoms with Crippen LogP contribution < -0.4 is 15.1 Å². The van der Waals surface area contributed by atoms with Crippen molar-refractivity contribution in [3.05, 3.63) is 47.2 Å². The summed E-state index contributed by atoms with van der Waals surface area (Å²) in [6.45, 7) is 22.0. The monoisotopic (exact) mass is 472 g/mol. The lowest BCUT2D eigenvalue weighted by atomic mass is 10.1. The Hall–Kier alpha value is -2.60. The van der Waals surface area contributed by atoms with Crippen LogP contribution in [0.5, 0.6) is 5.88 Å². The highest BCUT2D eigenvalue weighted by Gasteiger charge is 2.15. The van der Waals surface area contributed by atoms with Gasteiger partial charge < -0.3 is 14.7 Å². The number of ether oxygens (including phenoxy) is 1. The first-order valence-electron chi connectivity index (χ1n) is 12.7. The summed E-state index contributed by atoms with van der Waals surface area (Å²) in [6.07, 6.45) is 3.81. The number of aromatic nitrogens is 1. The van der Waals surface area contributed by atoms with Crippen LogP contribution in [0.1, 0.15) is 85.1 Å². The second kappa shape index (κ2) is 16.9. The highest BCUT2D eigenvalue weighted by Crippen LogP contribution is 2.22. The molecule has 0 radical (unpaired) electrons. The molecule has 6 nitrogen and oxygen atoms in total. The van der Waals surface area contributed by atoms with Crippen molar-refractivity contribution in [3.63, 3.8) is 0 Å². The zero-order valence-corrected chi connectivity index (χ0v) is 23.2. The number of pyridine rings is 1. The molecule has 2 N–H and O–H groups in total. The molecule has 0 saturated heterocycles. The van der Waals surface area contributed by atoms with Gasteiger partial charge in [0.25, 0.3) is 0 Å². The quantitative estimate of drug-likeness (QED) is 0.273. The number of nitrogens with one attached hydrogen (secondary N) is 1. The third kappa shape index (κ3) is 12.0. The molecule has 1 aromatic heterocycles. The standard InChI is InChI=1S/C24H36N4O2.2C2H6/c1-7-11-28(12-8-2)22-14-21(26-23(15-22)30-17-24(5,6)29)16-25-27-20-10-9-18(3)19(4)13-20;2*1-2/h9-10,13-16,27,29H,7-8,11-12,17H2,1-6H3;2*1-2H3/b25-16+;;. The van der Waals surface area contributed by atoms with Gasteiger partial charge in [0.2, 0.25) is 5.88 Å². The number of nitrogens with zero attached hydrogens (tertiary/aromatic N) is 3. The van der Waals surface area contributed by atoms with Gasteiger partial charge in [-0.3, -0.25) is 5.43 Å². The van der Waals surface area contributed by atoms with Crippen molar-refractivity contribution < 1.29 is 9.84 Å². The minimum Gasteiger partial charge on any atom is -0.475 e. The van der Waals surface area contributed by atoms with E-state index in [0.29, 0.717) is 11.6 Å². The van der Waals surface area contributed by atoms with Crippen molar-refractivity contribution in [2.24, 2.45) is 5.10 Å². The molecule has 0 spiro atoms. The number of aliphatic hydroxyl groups is 1. The van der Waals surface area contributed by atoms with Gasteiger partial charge in [0.05, 0.1) is 23.2 Å². The molecule has 0 aliphatic rings. The summed E-state index contributed by atoms with van der Waals surface area (Å²) in [5.74, 6) is 0.486. The Balaban J connectivity index is 0.00000258. The van der Waals surface area contributed by atoms with Crippen molar-refractivity contribution >= 4 is 17.6 Å². The van der Waals surface area contributed by atoms with E-state index in [1.54, 1.807) is 20.1 Å². The van der Waals surface area contributed by atoms with E-state index in [1.165, 1.54) is 11.1 Å². The minimum atomic E-state index is -0.927. The lowest BCUT2D eigenvalue weighted by molar-refractivity contribution is 0.0268. The van der Waals surface area contributed by atoms with Gasteiger partial charge in [-0.1, -0.05) is 47.6 Å². The highest BCUT2D eigenvalue weighted by atomic mass is 16.5. The van der Waals surface area contributed by atoms with Crippen LogP contribution in [-0.4, -0.2) is 41.6 Å². The van der Waals surface area contributed by atoms with Gasteiger partial charge in [-0.05, 0) is 69.9 Å². The normalized spacial score (nSPS) is 10.7. The first-order valence-corrected chi connectivity index (χ1v) is 12.7. The SMILES string of the molecule is CC.CC.CCCN(CCC)c1cc(/C=N/Nc2ccc(C)c(C)c2)nc(OCC(C)(C)O)c1. The summed E-state index contributed by atoms with van der Waals surface area (Å²) >= 11 is 0. The third-order valence-corrected chi connectivity index (χ3v) is 4.63. The Kier molecular flexibility index (Phi) is 15.6. The molecule has 0 saturated carbocycles. The molecule has 0 bridgehead atoms. The molecule has 34 heavy (non-hydrogen) atoms. The molecule has 2 rings (SSSR count). The fourth-order valence-corrected chi connectivity index (χ4v) is 2.98. The predicted molar refractivity (Wildman–Crippen MR) is 149 cm³/mol. The van der Waals surface area contributed by atoms with Crippen LogP contribution in [0.2, 0.25) is 0 Å². The molecule has 0 unspecified atom stereocenters. The fraction of sp³-hybridized carbons (Fsp3) is 0.571. The molecule has 6 heteroatoms. The van der Waals surface area contributed by atoms with E-state index < -0.39 is 5.60 Å². The van der Waals surface area contributed by atoms with E-state index in [-0.39, 0.29) is 6.61 Å². The molecule has 1 aromatic carbocycles. The topological polar surface area (TPSA) is 70.0 Å². The summed E-state index contributed by atoms with van der Waals surface area (Å²) in [5.41, 5.74) is 7.29. The molecule has 0 atom stereocenters. The lowest BCUT2D eigenvalue weighted by Crippen LogP contribution is -2.28. The Bertz CT molecular complexity index is 839. The van der Waals surface area contributed by atoms with Gasteiger partial charge in [-0.15, -0.1) is 0 Å². The number of rotatable bonds is 11. The van der Waals surface area contributed by atoms with Crippen LogP contribution in [0, 0.1) is 13.8 Å². The maximum Gasteiger partial charge on any atom is 0.216 e. The Labute approximate surface area is 208 Å². The van der Waals surface area contributed by atoms with E-state index in [2.05, 4.69) is 60.2 Å². The van der Waals surface area contributed by atoms with Crippen molar-refractivity contribution in [1.29, 1.82) is 0 Å². The highest BCUT2D eigenvalue weighted by molar-refractivity contribution is 5.80. The first-order chi connectivity index (χ1) is 16.2. The smallest absolute Gasteiger partial charge is 0.216 e. The molecule has 0 amide bonds. The Morgan fingerprint density at radius 2 is 1.62 bits per heavy atom. The summed E-state index contributed by atoms with van der Waals surface area (Å²) in [7, 11) is 0. The maximum absolute atomic E-state index is 10.0. The van der Waals surface area contributed by atoms with E-state index in [1.807, 2.05) is 45.9 Å². The van der Waals surface area contributed by atoms with E-state index in [9.17, 15) is 5.11 Å².